The Morgan fingerprint density at radius 2 is 1.71 bits per heavy atom. The van der Waals surface area contributed by atoms with Crippen molar-refractivity contribution in [1.82, 2.24) is 10.2 Å². The highest BCUT2D eigenvalue weighted by Crippen LogP contribution is 2.25. The van der Waals surface area contributed by atoms with Gasteiger partial charge in [-0.2, -0.15) is 0 Å². The van der Waals surface area contributed by atoms with Crippen LogP contribution in [0.15, 0.2) is 42.5 Å². The zero-order chi connectivity index (χ0) is 17.1. The molecule has 3 heteroatoms. The van der Waals surface area contributed by atoms with Gasteiger partial charge < -0.3 is 10.2 Å². The summed E-state index contributed by atoms with van der Waals surface area (Å²) < 4.78 is 0. The third-order valence-electron chi connectivity index (χ3n) is 5.28. The highest BCUT2D eigenvalue weighted by molar-refractivity contribution is 5.87. The Morgan fingerprint density at radius 3 is 2.42 bits per heavy atom. The lowest BCUT2D eigenvalue weighted by molar-refractivity contribution is -0.127. The number of nitrogens with zero attached hydrogens (tertiary/aromatic N) is 1. The SMILES string of the molecule is CC(C)N1CCC(C(=O)N[C@@H](C)c2cccc3ccccc23)CC1. The zero-order valence-corrected chi connectivity index (χ0v) is 15.0. The molecule has 1 N–H and O–H groups in total. The van der Waals surface area contributed by atoms with Gasteiger partial charge in [0.2, 0.25) is 5.91 Å². The van der Waals surface area contributed by atoms with Crippen LogP contribution in [0.2, 0.25) is 0 Å². The normalized spacial score (nSPS) is 18.0. The van der Waals surface area contributed by atoms with E-state index in [0.717, 1.165) is 25.9 Å². The van der Waals surface area contributed by atoms with Gasteiger partial charge in [0.15, 0.2) is 0 Å². The largest absolute Gasteiger partial charge is 0.349 e. The van der Waals surface area contributed by atoms with Gasteiger partial charge in [0.25, 0.3) is 0 Å². The quantitative estimate of drug-likeness (QED) is 0.917. The lowest BCUT2D eigenvalue weighted by atomic mass is 9.94. The number of hydrogen-bond donors (Lipinski definition) is 1. The predicted octanol–water partition coefficient (Wildman–Crippen LogP) is 4.14. The van der Waals surface area contributed by atoms with E-state index in [9.17, 15) is 4.79 Å². The maximum Gasteiger partial charge on any atom is 0.223 e. The molecular formula is C21H28N2O. The Balaban J connectivity index is 1.66. The molecule has 1 aliphatic rings. The molecule has 3 nitrogen and oxygen atoms in total. The molecule has 1 saturated heterocycles. The standard InChI is InChI=1S/C21H28N2O/c1-15(2)23-13-11-18(12-14-23)21(24)22-16(3)19-10-6-8-17-7-4-5-9-20(17)19/h4-10,15-16,18H,11-14H2,1-3H3,(H,22,24)/t16-/m0/s1. The van der Waals surface area contributed by atoms with Crippen LogP contribution in [-0.2, 0) is 4.79 Å². The Kier molecular flexibility index (Phi) is 5.20. The summed E-state index contributed by atoms with van der Waals surface area (Å²) in [4.78, 5) is 15.1. The van der Waals surface area contributed by atoms with Crippen LogP contribution in [0.25, 0.3) is 10.8 Å². The summed E-state index contributed by atoms with van der Waals surface area (Å²) in [6.07, 6.45) is 1.93. The Bertz CT molecular complexity index is 697. The fourth-order valence-electron chi connectivity index (χ4n) is 3.72. The van der Waals surface area contributed by atoms with Crippen molar-refractivity contribution >= 4 is 16.7 Å². The molecule has 1 atom stereocenters. The van der Waals surface area contributed by atoms with E-state index in [0.29, 0.717) is 6.04 Å². The summed E-state index contributed by atoms with van der Waals surface area (Å²) in [5.41, 5.74) is 1.20. The molecule has 1 amide bonds. The summed E-state index contributed by atoms with van der Waals surface area (Å²) in [6, 6.07) is 15.3. The van der Waals surface area contributed by atoms with E-state index in [4.69, 9.17) is 0 Å². The average molecular weight is 324 g/mol. The molecule has 1 aliphatic heterocycles. The van der Waals surface area contributed by atoms with Crippen LogP contribution < -0.4 is 5.32 Å². The number of benzene rings is 2. The summed E-state index contributed by atoms with van der Waals surface area (Å²) in [5, 5.41) is 5.69. The molecular weight excluding hydrogens is 296 g/mol. The van der Waals surface area contributed by atoms with E-state index in [2.05, 4.69) is 73.5 Å². The van der Waals surface area contributed by atoms with Gasteiger partial charge in [0.1, 0.15) is 0 Å². The minimum atomic E-state index is 0.0340. The second-order valence-electron chi connectivity index (χ2n) is 7.20. The van der Waals surface area contributed by atoms with Crippen molar-refractivity contribution < 1.29 is 4.79 Å². The van der Waals surface area contributed by atoms with Crippen molar-refractivity contribution in [3.05, 3.63) is 48.0 Å². The second kappa shape index (κ2) is 7.35. The lowest BCUT2D eigenvalue weighted by Gasteiger charge is -2.34. The van der Waals surface area contributed by atoms with E-state index in [1.54, 1.807) is 0 Å². The summed E-state index contributed by atoms with van der Waals surface area (Å²) in [6.45, 7) is 8.59. The Labute approximate surface area is 145 Å². The summed E-state index contributed by atoms with van der Waals surface area (Å²) >= 11 is 0. The maximum atomic E-state index is 12.7. The molecule has 2 aromatic carbocycles. The third kappa shape index (κ3) is 3.62. The van der Waals surface area contributed by atoms with Crippen molar-refractivity contribution in [3.8, 4) is 0 Å². The number of likely N-dealkylation sites (tertiary alicyclic amines) is 1. The highest BCUT2D eigenvalue weighted by Gasteiger charge is 2.27. The summed E-state index contributed by atoms with van der Waals surface area (Å²) in [7, 11) is 0. The van der Waals surface area contributed by atoms with Gasteiger partial charge >= 0.3 is 0 Å². The van der Waals surface area contributed by atoms with Gasteiger partial charge in [-0.15, -0.1) is 0 Å². The van der Waals surface area contributed by atoms with Crippen molar-refractivity contribution in [1.29, 1.82) is 0 Å². The Morgan fingerprint density at radius 1 is 1.04 bits per heavy atom. The summed E-state index contributed by atoms with van der Waals surface area (Å²) in [5.74, 6) is 0.358. The molecule has 0 radical (unpaired) electrons. The van der Waals surface area contributed by atoms with Gasteiger partial charge in [-0.05, 0) is 63.0 Å². The van der Waals surface area contributed by atoms with Crippen molar-refractivity contribution in [2.24, 2.45) is 5.92 Å². The topological polar surface area (TPSA) is 32.3 Å². The molecule has 24 heavy (non-hydrogen) atoms. The van der Waals surface area contributed by atoms with Crippen LogP contribution in [0, 0.1) is 5.92 Å². The molecule has 0 bridgehead atoms. The smallest absolute Gasteiger partial charge is 0.223 e. The van der Waals surface area contributed by atoms with Crippen molar-refractivity contribution in [2.75, 3.05) is 13.1 Å². The first kappa shape index (κ1) is 17.0. The van der Waals surface area contributed by atoms with Gasteiger partial charge in [0.05, 0.1) is 6.04 Å². The van der Waals surface area contributed by atoms with E-state index in [-0.39, 0.29) is 17.9 Å². The fraction of sp³-hybridized carbons (Fsp3) is 0.476. The number of nitrogens with one attached hydrogen (secondary N) is 1. The predicted molar refractivity (Wildman–Crippen MR) is 99.9 cm³/mol. The minimum Gasteiger partial charge on any atom is -0.349 e. The number of fused-ring (bicyclic) bond motifs is 1. The van der Waals surface area contributed by atoms with Gasteiger partial charge in [-0.3, -0.25) is 4.79 Å². The first-order valence-electron chi connectivity index (χ1n) is 9.08. The van der Waals surface area contributed by atoms with Gasteiger partial charge in [0, 0.05) is 12.0 Å². The molecule has 3 rings (SSSR count). The van der Waals surface area contributed by atoms with E-state index >= 15 is 0 Å². The lowest BCUT2D eigenvalue weighted by Crippen LogP contribution is -2.43. The van der Waals surface area contributed by atoms with Crippen molar-refractivity contribution in [3.63, 3.8) is 0 Å². The molecule has 1 fully saturated rings. The molecule has 0 aliphatic carbocycles. The number of hydrogen-bond acceptors (Lipinski definition) is 2. The monoisotopic (exact) mass is 324 g/mol. The van der Waals surface area contributed by atoms with Crippen LogP contribution in [0.5, 0.6) is 0 Å². The van der Waals surface area contributed by atoms with Crippen LogP contribution in [0.1, 0.15) is 45.2 Å². The second-order valence-corrected chi connectivity index (χ2v) is 7.20. The molecule has 128 valence electrons. The maximum absolute atomic E-state index is 12.7. The number of amides is 1. The molecule has 0 unspecified atom stereocenters. The van der Waals surface area contributed by atoms with E-state index in [1.807, 2.05) is 0 Å². The Hall–Kier alpha value is -1.87. The first-order valence-corrected chi connectivity index (χ1v) is 9.08. The molecule has 0 aromatic heterocycles. The first-order chi connectivity index (χ1) is 11.6. The highest BCUT2D eigenvalue weighted by atomic mass is 16.1. The van der Waals surface area contributed by atoms with Crippen molar-refractivity contribution in [2.45, 2.75) is 45.7 Å². The molecule has 0 saturated carbocycles. The van der Waals surface area contributed by atoms with Gasteiger partial charge in [-0.25, -0.2) is 0 Å². The van der Waals surface area contributed by atoms with Crippen LogP contribution in [-0.4, -0.2) is 29.9 Å². The zero-order valence-electron chi connectivity index (χ0n) is 15.0. The van der Waals surface area contributed by atoms with E-state index in [1.165, 1.54) is 16.3 Å². The fourth-order valence-corrected chi connectivity index (χ4v) is 3.72. The number of piperidine rings is 1. The minimum absolute atomic E-state index is 0.0340. The van der Waals surface area contributed by atoms with Crippen LogP contribution >= 0.6 is 0 Å². The number of carbonyl (C=O) groups is 1. The van der Waals surface area contributed by atoms with Gasteiger partial charge in [-0.1, -0.05) is 42.5 Å². The number of rotatable bonds is 4. The molecule has 0 spiro atoms. The number of carbonyl (C=O) groups excluding carboxylic acids is 1. The average Bonchev–Trinajstić information content (AvgIpc) is 2.61. The molecule has 2 aromatic rings. The van der Waals surface area contributed by atoms with Crippen LogP contribution in [0.3, 0.4) is 0 Å². The van der Waals surface area contributed by atoms with Crippen LogP contribution in [0.4, 0.5) is 0 Å². The molecule has 1 heterocycles. The van der Waals surface area contributed by atoms with E-state index < -0.39 is 0 Å². The third-order valence-corrected chi connectivity index (χ3v) is 5.28.